The molecule has 1 aliphatic heterocycles. The second kappa shape index (κ2) is 7.42. The molecule has 1 saturated heterocycles. The van der Waals surface area contributed by atoms with Crippen molar-refractivity contribution in [3.63, 3.8) is 0 Å². The lowest BCUT2D eigenvalue weighted by Crippen LogP contribution is -2.58. The Hall–Kier alpha value is -1.18. The van der Waals surface area contributed by atoms with Gasteiger partial charge >= 0.3 is 6.03 Å². The highest BCUT2D eigenvalue weighted by molar-refractivity contribution is 5.96. The molecule has 19 heavy (non-hydrogen) atoms. The summed E-state index contributed by atoms with van der Waals surface area (Å²) in [5.74, 6) is -0.351. The van der Waals surface area contributed by atoms with E-state index >= 15 is 0 Å². The lowest BCUT2D eigenvalue weighted by molar-refractivity contribution is -0.133. The quantitative estimate of drug-likeness (QED) is 0.630. The number of carbonyl (C=O) groups excluding carboxylic acids is 2. The third-order valence-corrected chi connectivity index (χ3v) is 3.21. The molecule has 7 heteroatoms. The van der Waals surface area contributed by atoms with Crippen LogP contribution in [0.5, 0.6) is 0 Å². The van der Waals surface area contributed by atoms with Crippen molar-refractivity contribution in [3.05, 3.63) is 0 Å². The summed E-state index contributed by atoms with van der Waals surface area (Å²) in [5, 5.41) is 13.9. The van der Waals surface area contributed by atoms with E-state index in [1.165, 1.54) is 0 Å². The first-order valence-electron chi connectivity index (χ1n) is 6.56. The fraction of sp³-hybridized carbons (Fsp3) is 0.833. The zero-order chi connectivity index (χ0) is 14.4. The molecule has 3 amide bonds. The van der Waals surface area contributed by atoms with Crippen LogP contribution in [0.1, 0.15) is 20.8 Å². The fourth-order valence-electron chi connectivity index (χ4n) is 2.06. The fourth-order valence-corrected chi connectivity index (χ4v) is 2.06. The summed E-state index contributed by atoms with van der Waals surface area (Å²) in [6.07, 6.45) is -0.282. The third kappa shape index (κ3) is 4.45. The molecule has 1 fully saturated rings. The molecule has 110 valence electrons. The van der Waals surface area contributed by atoms with Crippen LogP contribution >= 0.6 is 0 Å². The molecular weight excluding hydrogens is 250 g/mol. The van der Waals surface area contributed by atoms with Crippen LogP contribution in [0.3, 0.4) is 0 Å². The number of rotatable bonds is 4. The number of urea groups is 1. The van der Waals surface area contributed by atoms with Gasteiger partial charge in [-0.25, -0.2) is 4.79 Å². The Balaban J connectivity index is 2.56. The Labute approximate surface area is 113 Å². The predicted octanol–water partition coefficient (Wildman–Crippen LogP) is -0.698. The van der Waals surface area contributed by atoms with E-state index < -0.39 is 12.1 Å². The van der Waals surface area contributed by atoms with E-state index in [2.05, 4.69) is 10.6 Å². The monoisotopic (exact) mass is 273 g/mol. The zero-order valence-electron chi connectivity index (χ0n) is 11.7. The first-order chi connectivity index (χ1) is 8.99. The maximum Gasteiger partial charge on any atom is 0.321 e. The molecule has 7 nitrogen and oxygen atoms in total. The van der Waals surface area contributed by atoms with Crippen molar-refractivity contribution >= 4 is 11.9 Å². The number of carbonyl (C=O) groups is 2. The molecule has 3 atom stereocenters. The van der Waals surface area contributed by atoms with Gasteiger partial charge in [0.15, 0.2) is 0 Å². The summed E-state index contributed by atoms with van der Waals surface area (Å²) < 4.78 is 5.42. The molecule has 0 aromatic rings. The normalized spacial score (nSPS) is 25.7. The van der Waals surface area contributed by atoms with Crippen molar-refractivity contribution in [2.75, 3.05) is 26.3 Å². The molecule has 0 aromatic heterocycles. The standard InChI is InChI=1S/C12H23N3O4/c1-4-13-12(18)14-11(17)9(3)15-5-10(6-16)19-7-8(15)2/h8-10,16H,4-7H2,1-3H3,(H2,13,14,17,18). The van der Waals surface area contributed by atoms with Gasteiger partial charge in [0.1, 0.15) is 0 Å². The Morgan fingerprint density at radius 3 is 2.79 bits per heavy atom. The predicted molar refractivity (Wildman–Crippen MR) is 69.7 cm³/mol. The molecule has 0 spiro atoms. The number of nitrogens with one attached hydrogen (secondary N) is 2. The second-order valence-electron chi connectivity index (χ2n) is 4.71. The van der Waals surface area contributed by atoms with E-state index in [1.807, 2.05) is 11.8 Å². The SMILES string of the molecule is CCNC(=O)NC(=O)C(C)N1CC(CO)OCC1C. The van der Waals surface area contributed by atoms with Crippen molar-refractivity contribution in [2.24, 2.45) is 0 Å². The minimum absolute atomic E-state index is 0.0674. The molecule has 0 aromatic carbocycles. The summed E-state index contributed by atoms with van der Waals surface area (Å²) in [4.78, 5) is 25.2. The van der Waals surface area contributed by atoms with Gasteiger partial charge in [0.2, 0.25) is 5.91 Å². The average molecular weight is 273 g/mol. The average Bonchev–Trinajstić information content (AvgIpc) is 2.38. The number of imide groups is 1. The Morgan fingerprint density at radius 2 is 2.21 bits per heavy atom. The van der Waals surface area contributed by atoms with Crippen LogP contribution in [-0.2, 0) is 9.53 Å². The molecule has 3 N–H and O–H groups in total. The van der Waals surface area contributed by atoms with Crippen molar-refractivity contribution in [3.8, 4) is 0 Å². The van der Waals surface area contributed by atoms with E-state index in [1.54, 1.807) is 13.8 Å². The number of ether oxygens (including phenoxy) is 1. The first kappa shape index (κ1) is 15.9. The molecule has 3 unspecified atom stereocenters. The van der Waals surface area contributed by atoms with Gasteiger partial charge in [-0.15, -0.1) is 0 Å². The molecule has 0 aliphatic carbocycles. The van der Waals surface area contributed by atoms with Gasteiger partial charge in [-0.3, -0.25) is 15.0 Å². The van der Waals surface area contributed by atoms with E-state index in [-0.39, 0.29) is 24.7 Å². The largest absolute Gasteiger partial charge is 0.394 e. The van der Waals surface area contributed by atoms with Crippen molar-refractivity contribution in [1.29, 1.82) is 0 Å². The van der Waals surface area contributed by atoms with E-state index in [9.17, 15) is 9.59 Å². The highest BCUT2D eigenvalue weighted by Gasteiger charge is 2.32. The minimum Gasteiger partial charge on any atom is -0.394 e. The van der Waals surface area contributed by atoms with Crippen LogP contribution in [0.25, 0.3) is 0 Å². The van der Waals surface area contributed by atoms with Gasteiger partial charge < -0.3 is 15.2 Å². The topological polar surface area (TPSA) is 90.9 Å². The summed E-state index contributed by atoms with van der Waals surface area (Å²) in [6, 6.07) is -0.868. The summed E-state index contributed by atoms with van der Waals surface area (Å²) in [5.41, 5.74) is 0. The highest BCUT2D eigenvalue weighted by Crippen LogP contribution is 2.14. The van der Waals surface area contributed by atoms with Crippen molar-refractivity contribution in [1.82, 2.24) is 15.5 Å². The van der Waals surface area contributed by atoms with Gasteiger partial charge in [0, 0.05) is 19.1 Å². The van der Waals surface area contributed by atoms with Crippen LogP contribution in [0, 0.1) is 0 Å². The Kier molecular flexibility index (Phi) is 6.20. The molecule has 1 aliphatic rings. The van der Waals surface area contributed by atoms with Gasteiger partial charge in [-0.1, -0.05) is 0 Å². The van der Waals surface area contributed by atoms with Crippen molar-refractivity contribution < 1.29 is 19.4 Å². The van der Waals surface area contributed by atoms with Crippen LogP contribution in [0.4, 0.5) is 4.79 Å². The second-order valence-corrected chi connectivity index (χ2v) is 4.71. The number of hydrogen-bond acceptors (Lipinski definition) is 5. The number of aliphatic hydroxyl groups is 1. The lowest BCUT2D eigenvalue weighted by Gasteiger charge is -2.40. The summed E-state index contributed by atoms with van der Waals surface area (Å²) in [6.45, 7) is 6.80. The smallest absolute Gasteiger partial charge is 0.321 e. The number of morpholine rings is 1. The number of hydrogen-bond donors (Lipinski definition) is 3. The molecule has 1 heterocycles. The van der Waals surface area contributed by atoms with Crippen LogP contribution in [0.15, 0.2) is 0 Å². The molecular formula is C12H23N3O4. The maximum atomic E-state index is 12.0. The van der Waals surface area contributed by atoms with Gasteiger partial charge in [-0.05, 0) is 20.8 Å². The van der Waals surface area contributed by atoms with Gasteiger partial charge in [-0.2, -0.15) is 0 Å². The van der Waals surface area contributed by atoms with Crippen LogP contribution in [0.2, 0.25) is 0 Å². The first-order valence-corrected chi connectivity index (χ1v) is 6.56. The lowest BCUT2D eigenvalue weighted by atomic mass is 10.1. The van der Waals surface area contributed by atoms with Gasteiger partial charge in [0.25, 0.3) is 0 Å². The number of amides is 3. The minimum atomic E-state index is -0.487. The Morgan fingerprint density at radius 1 is 1.53 bits per heavy atom. The van der Waals surface area contributed by atoms with E-state index in [4.69, 9.17) is 9.84 Å². The van der Waals surface area contributed by atoms with Crippen molar-refractivity contribution in [2.45, 2.75) is 39.0 Å². The highest BCUT2D eigenvalue weighted by atomic mass is 16.5. The summed E-state index contributed by atoms with van der Waals surface area (Å²) in [7, 11) is 0. The Bertz CT molecular complexity index is 324. The van der Waals surface area contributed by atoms with E-state index in [0.717, 1.165) is 0 Å². The van der Waals surface area contributed by atoms with E-state index in [0.29, 0.717) is 19.7 Å². The third-order valence-electron chi connectivity index (χ3n) is 3.21. The zero-order valence-corrected chi connectivity index (χ0v) is 11.7. The van der Waals surface area contributed by atoms with Crippen LogP contribution in [-0.4, -0.2) is 66.4 Å². The number of nitrogens with zero attached hydrogens (tertiary/aromatic N) is 1. The van der Waals surface area contributed by atoms with Gasteiger partial charge in [0.05, 0.1) is 25.4 Å². The van der Waals surface area contributed by atoms with Crippen LogP contribution < -0.4 is 10.6 Å². The number of aliphatic hydroxyl groups excluding tert-OH is 1. The molecule has 0 saturated carbocycles. The molecule has 0 radical (unpaired) electrons. The molecule has 1 rings (SSSR count). The molecule has 0 bridgehead atoms. The maximum absolute atomic E-state index is 12.0. The summed E-state index contributed by atoms with van der Waals surface area (Å²) >= 11 is 0.